The molecule has 2 N–H and O–H groups in total. The minimum atomic E-state index is -0.728. The molecule has 0 atom stereocenters. The molecule has 0 aliphatic carbocycles. The van der Waals surface area contributed by atoms with Gasteiger partial charge in [0.15, 0.2) is 0 Å². The first-order chi connectivity index (χ1) is 7.58. The van der Waals surface area contributed by atoms with Crippen LogP contribution in [0.1, 0.15) is 0 Å². The summed E-state index contributed by atoms with van der Waals surface area (Å²) >= 11 is 2.17. The first kappa shape index (κ1) is 11.3. The van der Waals surface area contributed by atoms with Crippen LogP contribution >= 0.6 is 22.6 Å². The van der Waals surface area contributed by atoms with Crippen LogP contribution in [-0.2, 0) is 0 Å². The molecule has 0 radical (unpaired) electrons. The van der Waals surface area contributed by atoms with E-state index in [0.717, 1.165) is 9.13 Å². The Kier molecular flexibility index (Phi) is 3.09. The third kappa shape index (κ3) is 2.16. The molecule has 0 unspecified atom stereocenters. The molecule has 2 rings (SSSR count). The van der Waals surface area contributed by atoms with Crippen LogP contribution in [0.15, 0.2) is 36.4 Å². The Morgan fingerprint density at radius 1 is 0.875 bits per heavy atom. The molecule has 0 fully saturated rings. The van der Waals surface area contributed by atoms with Crippen LogP contribution < -0.4 is 5.73 Å². The topological polar surface area (TPSA) is 26.0 Å². The Labute approximate surface area is 105 Å². The lowest BCUT2D eigenvalue weighted by molar-refractivity contribution is 0.592. The Bertz CT molecular complexity index is 500. The van der Waals surface area contributed by atoms with E-state index in [0.29, 0.717) is 5.56 Å². The predicted octanol–water partition coefficient (Wildman–Crippen LogP) is 3.82. The van der Waals surface area contributed by atoms with Crippen molar-refractivity contribution in [3.8, 4) is 11.1 Å². The molecule has 0 saturated carbocycles. The highest BCUT2D eigenvalue weighted by molar-refractivity contribution is 14.1. The lowest BCUT2D eigenvalue weighted by atomic mass is 10.1. The highest BCUT2D eigenvalue weighted by Gasteiger charge is 2.08. The number of rotatable bonds is 1. The van der Waals surface area contributed by atoms with Gasteiger partial charge in [0.1, 0.15) is 17.3 Å². The second kappa shape index (κ2) is 4.37. The number of nitrogens with two attached hydrogens (primary N) is 1. The lowest BCUT2D eigenvalue weighted by Gasteiger charge is -2.05. The van der Waals surface area contributed by atoms with Crippen molar-refractivity contribution < 1.29 is 8.78 Å². The van der Waals surface area contributed by atoms with E-state index in [1.807, 2.05) is 24.3 Å². The zero-order valence-electron chi connectivity index (χ0n) is 8.18. The maximum atomic E-state index is 13.2. The second-order valence-electron chi connectivity index (χ2n) is 3.36. The van der Waals surface area contributed by atoms with Gasteiger partial charge in [-0.2, -0.15) is 0 Å². The summed E-state index contributed by atoms with van der Waals surface area (Å²) in [4.78, 5) is 0. The highest BCUT2D eigenvalue weighted by atomic mass is 127. The molecule has 1 nitrogen and oxygen atoms in total. The molecule has 4 heteroatoms. The minimum Gasteiger partial charge on any atom is -0.394 e. The van der Waals surface area contributed by atoms with Crippen LogP contribution in [0.25, 0.3) is 11.1 Å². The van der Waals surface area contributed by atoms with Crippen molar-refractivity contribution >= 4 is 28.3 Å². The molecule has 16 heavy (non-hydrogen) atoms. The molecule has 0 spiro atoms. The molecule has 0 aliphatic rings. The van der Waals surface area contributed by atoms with Gasteiger partial charge in [-0.25, -0.2) is 8.78 Å². The summed E-state index contributed by atoms with van der Waals surface area (Å²) in [7, 11) is 0. The molecule has 0 bridgehead atoms. The van der Waals surface area contributed by atoms with E-state index >= 15 is 0 Å². The SMILES string of the molecule is Nc1c(F)cc(-c2ccc(I)cc2)cc1F. The van der Waals surface area contributed by atoms with E-state index in [4.69, 9.17) is 5.73 Å². The number of nitrogen functional groups attached to an aromatic ring is 1. The van der Waals surface area contributed by atoms with Crippen LogP contribution in [-0.4, -0.2) is 0 Å². The van der Waals surface area contributed by atoms with Crippen LogP contribution in [0.2, 0.25) is 0 Å². The van der Waals surface area contributed by atoms with Gasteiger partial charge < -0.3 is 5.73 Å². The maximum Gasteiger partial charge on any atom is 0.149 e. The summed E-state index contributed by atoms with van der Waals surface area (Å²) in [5, 5.41) is 0. The zero-order valence-corrected chi connectivity index (χ0v) is 10.3. The summed E-state index contributed by atoms with van der Waals surface area (Å²) in [5.41, 5.74) is 6.01. The molecule has 2 aromatic rings. The molecule has 0 heterocycles. The van der Waals surface area contributed by atoms with E-state index in [9.17, 15) is 8.78 Å². The molecular weight excluding hydrogens is 323 g/mol. The van der Waals surface area contributed by atoms with Gasteiger partial charge in [0.05, 0.1) is 0 Å². The van der Waals surface area contributed by atoms with Crippen molar-refractivity contribution in [3.05, 3.63) is 51.6 Å². The average molecular weight is 331 g/mol. The van der Waals surface area contributed by atoms with E-state index < -0.39 is 17.3 Å². The van der Waals surface area contributed by atoms with E-state index in [1.54, 1.807) is 0 Å². The average Bonchev–Trinajstić information content (AvgIpc) is 2.26. The van der Waals surface area contributed by atoms with Gasteiger partial charge in [-0.15, -0.1) is 0 Å². The maximum absolute atomic E-state index is 13.2. The van der Waals surface area contributed by atoms with Crippen LogP contribution in [0.3, 0.4) is 0 Å². The molecule has 0 saturated heterocycles. The second-order valence-corrected chi connectivity index (χ2v) is 4.61. The van der Waals surface area contributed by atoms with Crippen molar-refractivity contribution in [2.45, 2.75) is 0 Å². The van der Waals surface area contributed by atoms with E-state index in [2.05, 4.69) is 22.6 Å². The molecule has 0 aliphatic heterocycles. The quantitative estimate of drug-likeness (QED) is 0.624. The Morgan fingerprint density at radius 2 is 1.38 bits per heavy atom. The predicted molar refractivity (Wildman–Crippen MR) is 68.9 cm³/mol. The van der Waals surface area contributed by atoms with E-state index in [-0.39, 0.29) is 0 Å². The van der Waals surface area contributed by atoms with Gasteiger partial charge in [-0.3, -0.25) is 0 Å². The van der Waals surface area contributed by atoms with Gasteiger partial charge in [-0.05, 0) is 58.0 Å². The van der Waals surface area contributed by atoms with Crippen molar-refractivity contribution in [1.82, 2.24) is 0 Å². The van der Waals surface area contributed by atoms with Crippen LogP contribution in [0.4, 0.5) is 14.5 Å². The molecule has 2 aromatic carbocycles. The van der Waals surface area contributed by atoms with Gasteiger partial charge in [0.2, 0.25) is 0 Å². The molecule has 82 valence electrons. The Hall–Kier alpha value is -1.17. The van der Waals surface area contributed by atoms with Gasteiger partial charge >= 0.3 is 0 Å². The van der Waals surface area contributed by atoms with Gasteiger partial charge in [0, 0.05) is 3.57 Å². The van der Waals surface area contributed by atoms with Crippen molar-refractivity contribution in [2.24, 2.45) is 0 Å². The third-order valence-electron chi connectivity index (χ3n) is 2.26. The van der Waals surface area contributed by atoms with Crippen molar-refractivity contribution in [2.75, 3.05) is 5.73 Å². The van der Waals surface area contributed by atoms with Gasteiger partial charge in [-0.1, -0.05) is 12.1 Å². The zero-order chi connectivity index (χ0) is 11.7. The monoisotopic (exact) mass is 331 g/mol. The minimum absolute atomic E-state index is 0.436. The largest absolute Gasteiger partial charge is 0.394 e. The summed E-state index contributed by atoms with van der Waals surface area (Å²) in [6, 6.07) is 9.85. The standard InChI is InChI=1S/C12H8F2IN/c13-10-5-8(6-11(14)12(10)16)7-1-3-9(15)4-2-7/h1-6H,16H2. The Morgan fingerprint density at radius 3 is 1.88 bits per heavy atom. The highest BCUT2D eigenvalue weighted by Crippen LogP contribution is 2.26. The molecule has 0 amide bonds. The van der Waals surface area contributed by atoms with Crippen LogP contribution in [0.5, 0.6) is 0 Å². The normalized spacial score (nSPS) is 10.4. The molecule has 0 aromatic heterocycles. The number of halogens is 3. The number of anilines is 1. The summed E-state index contributed by atoms with van der Waals surface area (Å²) in [5.74, 6) is -1.46. The Balaban J connectivity index is 2.52. The fourth-order valence-corrected chi connectivity index (χ4v) is 1.75. The van der Waals surface area contributed by atoms with Crippen LogP contribution in [0, 0.1) is 15.2 Å². The smallest absolute Gasteiger partial charge is 0.149 e. The summed E-state index contributed by atoms with van der Waals surface area (Å²) < 4.78 is 27.5. The first-order valence-corrected chi connectivity index (χ1v) is 5.66. The van der Waals surface area contributed by atoms with E-state index in [1.165, 1.54) is 12.1 Å². The summed E-state index contributed by atoms with van der Waals surface area (Å²) in [6.07, 6.45) is 0. The number of hydrogen-bond donors (Lipinski definition) is 1. The van der Waals surface area contributed by atoms with Crippen molar-refractivity contribution in [3.63, 3.8) is 0 Å². The fraction of sp³-hybridized carbons (Fsp3) is 0. The summed E-state index contributed by atoms with van der Waals surface area (Å²) in [6.45, 7) is 0. The fourth-order valence-electron chi connectivity index (χ4n) is 1.39. The first-order valence-electron chi connectivity index (χ1n) is 4.58. The lowest BCUT2D eigenvalue weighted by Crippen LogP contribution is -1.96. The number of benzene rings is 2. The number of hydrogen-bond acceptors (Lipinski definition) is 1. The molecular formula is C12H8F2IN. The van der Waals surface area contributed by atoms with Crippen molar-refractivity contribution in [1.29, 1.82) is 0 Å². The third-order valence-corrected chi connectivity index (χ3v) is 2.98. The van der Waals surface area contributed by atoms with Gasteiger partial charge in [0.25, 0.3) is 0 Å².